The molecular weight excluding hydrogens is 646 g/mol. The van der Waals surface area contributed by atoms with Crippen molar-refractivity contribution in [2.45, 2.75) is 26.0 Å². The Bertz CT molecular complexity index is 1900. The zero-order chi connectivity index (χ0) is 30.0. The zero-order valence-electron chi connectivity index (χ0n) is 22.4. The predicted molar refractivity (Wildman–Crippen MR) is 163 cm³/mol. The number of aromatic nitrogens is 1. The lowest BCUT2D eigenvalue weighted by Gasteiger charge is -2.25. The molecule has 0 fully saturated rings. The number of nitrogens with zero attached hydrogens (tertiary/aromatic N) is 3. The number of carbonyl (C=O) groups excluding carboxylic acids is 1. The van der Waals surface area contributed by atoms with Gasteiger partial charge in [-0.25, -0.2) is 9.79 Å². The molecule has 1 aliphatic heterocycles. The van der Waals surface area contributed by atoms with Gasteiger partial charge in [-0.05, 0) is 63.3 Å². The highest BCUT2D eigenvalue weighted by atomic mass is 79.9. The summed E-state index contributed by atoms with van der Waals surface area (Å²) >= 11 is 10.5. The van der Waals surface area contributed by atoms with Crippen LogP contribution in [-0.4, -0.2) is 22.6 Å². The molecule has 9 nitrogen and oxygen atoms in total. The molecule has 3 aromatic carbocycles. The van der Waals surface area contributed by atoms with Gasteiger partial charge in [-0.3, -0.25) is 19.5 Å². The van der Waals surface area contributed by atoms with E-state index in [2.05, 4.69) is 20.9 Å². The Kier molecular flexibility index (Phi) is 8.72. The molecule has 5 rings (SSSR count). The van der Waals surface area contributed by atoms with Gasteiger partial charge in [0.25, 0.3) is 5.56 Å². The van der Waals surface area contributed by atoms with E-state index in [1.54, 1.807) is 36.4 Å². The Morgan fingerprint density at radius 3 is 2.55 bits per heavy atom. The lowest BCUT2D eigenvalue weighted by atomic mass is 9.95. The third-order valence-corrected chi connectivity index (χ3v) is 8.43. The fourth-order valence-corrected chi connectivity index (χ4v) is 6.39. The summed E-state index contributed by atoms with van der Waals surface area (Å²) in [5.74, 6) is -0.500. The second-order valence-electron chi connectivity index (χ2n) is 9.22. The number of nitro groups is 1. The summed E-state index contributed by atoms with van der Waals surface area (Å²) in [7, 11) is 1.30. The normalized spacial score (nSPS) is 14.8. The summed E-state index contributed by atoms with van der Waals surface area (Å²) in [4.78, 5) is 43.3. The number of fused-ring (bicyclic) bond motifs is 1. The van der Waals surface area contributed by atoms with Gasteiger partial charge in [-0.2, -0.15) is 0 Å². The lowest BCUT2D eigenvalue weighted by Crippen LogP contribution is -2.40. The molecule has 0 aliphatic carbocycles. The van der Waals surface area contributed by atoms with Crippen LogP contribution in [0.2, 0.25) is 5.02 Å². The molecule has 2 heterocycles. The summed E-state index contributed by atoms with van der Waals surface area (Å²) in [5, 5.41) is 12.6. The summed E-state index contributed by atoms with van der Waals surface area (Å²) in [6.07, 6.45) is 2.02. The molecule has 0 amide bonds. The van der Waals surface area contributed by atoms with E-state index in [0.717, 1.165) is 22.5 Å². The topological polar surface area (TPSA) is 113 Å². The highest BCUT2D eigenvalue weighted by Crippen LogP contribution is 2.37. The quantitative estimate of drug-likeness (QED) is 0.135. The summed E-state index contributed by atoms with van der Waals surface area (Å²) in [5.41, 5.74) is 2.11. The molecule has 0 saturated heterocycles. The minimum absolute atomic E-state index is 0.0629. The average molecular weight is 669 g/mol. The van der Waals surface area contributed by atoms with Crippen molar-refractivity contribution in [3.63, 3.8) is 0 Å². The number of nitro benzene ring substituents is 1. The summed E-state index contributed by atoms with van der Waals surface area (Å²) < 4.78 is 13.0. The smallest absolute Gasteiger partial charge is 0.338 e. The van der Waals surface area contributed by atoms with Gasteiger partial charge in [0.2, 0.25) is 5.75 Å². The highest BCUT2D eigenvalue weighted by molar-refractivity contribution is 9.10. The molecule has 0 bridgehead atoms. The zero-order valence-corrected chi connectivity index (χ0v) is 25.5. The van der Waals surface area contributed by atoms with Gasteiger partial charge in [0.05, 0.1) is 38.4 Å². The Morgan fingerprint density at radius 1 is 1.19 bits per heavy atom. The monoisotopic (exact) mass is 667 g/mol. The molecule has 1 atom stereocenters. The minimum atomic E-state index is -0.739. The maximum absolute atomic E-state index is 13.8. The Labute approximate surface area is 257 Å². The van der Waals surface area contributed by atoms with Crippen molar-refractivity contribution < 1.29 is 19.2 Å². The van der Waals surface area contributed by atoms with Gasteiger partial charge in [-0.15, -0.1) is 0 Å². The minimum Gasteiger partial charge on any atom is -0.481 e. The van der Waals surface area contributed by atoms with Crippen LogP contribution in [0.15, 0.2) is 92.3 Å². The van der Waals surface area contributed by atoms with E-state index in [0.29, 0.717) is 42.1 Å². The van der Waals surface area contributed by atoms with Crippen LogP contribution in [0.5, 0.6) is 5.75 Å². The maximum Gasteiger partial charge on any atom is 0.338 e. The number of halogens is 2. The SMILES string of the molecule is CCC1=C(C(=O)OC)[C@H](c2ccccc2)n2c(s/c(=C/c3cc(Br)c(OCc4ccc(Cl)cc4)c([N+](=O)[O-])c3)c2=O)=N1. The van der Waals surface area contributed by atoms with Crippen molar-refractivity contribution in [1.82, 2.24) is 4.57 Å². The van der Waals surface area contributed by atoms with Crippen LogP contribution in [0.4, 0.5) is 5.69 Å². The number of hydrogen-bond acceptors (Lipinski definition) is 8. The first-order chi connectivity index (χ1) is 20.2. The average Bonchev–Trinajstić information content (AvgIpc) is 3.30. The van der Waals surface area contributed by atoms with Crippen LogP contribution in [0.1, 0.15) is 36.1 Å². The number of carbonyl (C=O) groups is 1. The Morgan fingerprint density at radius 2 is 1.90 bits per heavy atom. The summed E-state index contributed by atoms with van der Waals surface area (Å²) in [6, 6.07) is 18.4. The number of hydrogen-bond donors (Lipinski definition) is 0. The number of benzene rings is 3. The van der Waals surface area contributed by atoms with Gasteiger partial charge in [0.1, 0.15) is 6.61 Å². The molecule has 0 unspecified atom stereocenters. The first kappa shape index (κ1) is 29.4. The fourth-order valence-electron chi connectivity index (χ4n) is 4.66. The largest absolute Gasteiger partial charge is 0.481 e. The van der Waals surface area contributed by atoms with E-state index in [1.165, 1.54) is 17.7 Å². The predicted octanol–water partition coefficient (Wildman–Crippen LogP) is 5.70. The molecule has 0 spiro atoms. The highest BCUT2D eigenvalue weighted by Gasteiger charge is 2.33. The third kappa shape index (κ3) is 5.80. The van der Waals surface area contributed by atoms with Gasteiger partial charge in [0.15, 0.2) is 4.80 Å². The number of ether oxygens (including phenoxy) is 2. The fraction of sp³-hybridized carbons (Fsp3) is 0.167. The molecular formula is C30H23BrClN3O6S. The van der Waals surface area contributed by atoms with E-state index in [9.17, 15) is 19.7 Å². The Hall–Kier alpha value is -4.06. The Balaban J connectivity index is 1.61. The van der Waals surface area contributed by atoms with Crippen LogP contribution in [-0.2, 0) is 16.1 Å². The standard InChI is InChI=1S/C30H23BrClN3O6S/c1-3-22-25(29(37)40-2)26(19-7-5-4-6-8-19)34-28(36)24(42-30(34)33-22)15-18-13-21(31)27(23(14-18)35(38)39)41-16-17-9-11-20(32)12-10-17/h4-15,26H,3,16H2,1-2H3/b24-15+/t26-/m0/s1. The van der Waals surface area contributed by atoms with Crippen molar-refractivity contribution in [2.24, 2.45) is 4.99 Å². The molecule has 4 aromatic rings. The molecule has 0 saturated carbocycles. The molecule has 214 valence electrons. The van der Waals surface area contributed by atoms with Crippen molar-refractivity contribution in [1.29, 1.82) is 0 Å². The number of allylic oxidation sites excluding steroid dienone is 1. The number of esters is 1. The van der Waals surface area contributed by atoms with Gasteiger partial charge >= 0.3 is 11.7 Å². The van der Waals surface area contributed by atoms with E-state index < -0.39 is 16.9 Å². The molecule has 42 heavy (non-hydrogen) atoms. The van der Waals surface area contributed by atoms with Gasteiger partial charge < -0.3 is 9.47 Å². The maximum atomic E-state index is 13.8. The number of methoxy groups -OCH3 is 1. The third-order valence-electron chi connectivity index (χ3n) is 6.60. The lowest BCUT2D eigenvalue weighted by molar-refractivity contribution is -0.386. The first-order valence-corrected chi connectivity index (χ1v) is 14.7. The molecule has 1 aromatic heterocycles. The van der Waals surface area contributed by atoms with Gasteiger partial charge in [0, 0.05) is 11.1 Å². The van der Waals surface area contributed by atoms with Crippen molar-refractivity contribution in [3.8, 4) is 5.75 Å². The second-order valence-corrected chi connectivity index (χ2v) is 11.5. The van der Waals surface area contributed by atoms with E-state index in [1.807, 2.05) is 37.3 Å². The summed E-state index contributed by atoms with van der Waals surface area (Å²) in [6.45, 7) is 1.97. The molecule has 0 N–H and O–H groups in total. The van der Waals surface area contributed by atoms with Crippen LogP contribution < -0.4 is 19.6 Å². The van der Waals surface area contributed by atoms with Crippen molar-refractivity contribution in [2.75, 3.05) is 7.11 Å². The van der Waals surface area contributed by atoms with Crippen LogP contribution in [0.3, 0.4) is 0 Å². The first-order valence-electron chi connectivity index (χ1n) is 12.7. The number of thiazole rings is 1. The van der Waals surface area contributed by atoms with Crippen LogP contribution in [0, 0.1) is 10.1 Å². The van der Waals surface area contributed by atoms with E-state index in [-0.39, 0.29) is 23.6 Å². The van der Waals surface area contributed by atoms with Crippen LogP contribution >= 0.6 is 38.9 Å². The van der Waals surface area contributed by atoms with Crippen molar-refractivity contribution in [3.05, 3.63) is 134 Å². The van der Waals surface area contributed by atoms with Crippen molar-refractivity contribution >= 4 is 56.6 Å². The second kappa shape index (κ2) is 12.4. The van der Waals surface area contributed by atoms with E-state index >= 15 is 0 Å². The van der Waals surface area contributed by atoms with Crippen LogP contribution in [0.25, 0.3) is 6.08 Å². The molecule has 1 aliphatic rings. The number of rotatable bonds is 8. The molecule has 12 heteroatoms. The van der Waals surface area contributed by atoms with Gasteiger partial charge in [-0.1, -0.05) is 72.3 Å². The molecule has 0 radical (unpaired) electrons. The van der Waals surface area contributed by atoms with E-state index in [4.69, 9.17) is 21.1 Å².